The summed E-state index contributed by atoms with van der Waals surface area (Å²) in [5.41, 5.74) is 4.95. The van der Waals surface area contributed by atoms with Gasteiger partial charge in [0, 0.05) is 36.5 Å². The summed E-state index contributed by atoms with van der Waals surface area (Å²) in [5, 5.41) is 3.09. The van der Waals surface area contributed by atoms with Gasteiger partial charge in [-0.3, -0.25) is 9.78 Å². The second kappa shape index (κ2) is 9.26. The molecule has 3 N–H and O–H groups in total. The number of carbonyl (C=O) groups is 1. The van der Waals surface area contributed by atoms with Crippen LogP contribution in [0.4, 0.5) is 19.0 Å². The first-order valence-electron chi connectivity index (χ1n) is 9.83. The van der Waals surface area contributed by atoms with Gasteiger partial charge in [-0.1, -0.05) is 37.3 Å². The van der Waals surface area contributed by atoms with E-state index < -0.39 is 28.6 Å². The minimum Gasteiger partial charge on any atom is -0.369 e. The maximum absolute atomic E-state index is 13.5. The van der Waals surface area contributed by atoms with Crippen molar-refractivity contribution in [1.29, 1.82) is 0 Å². The van der Waals surface area contributed by atoms with E-state index in [1.807, 2.05) is 37.3 Å². The molecule has 162 valence electrons. The number of rotatable bonds is 8. The van der Waals surface area contributed by atoms with Gasteiger partial charge in [-0.15, -0.1) is 0 Å². The Bertz CT molecular complexity index is 1020. The predicted molar refractivity (Wildman–Crippen MR) is 113 cm³/mol. The molecule has 8 heteroatoms. The molecule has 0 spiro atoms. The summed E-state index contributed by atoms with van der Waals surface area (Å²) in [5.74, 6) is -0.671. The highest BCUT2D eigenvalue weighted by molar-refractivity contribution is 6.08. The number of hydrogen-bond donors (Lipinski definition) is 2. The highest BCUT2D eigenvalue weighted by Gasteiger charge is 2.37. The number of nitrogens with one attached hydrogen (secondary N) is 1. The van der Waals surface area contributed by atoms with Gasteiger partial charge in [0.15, 0.2) is 0 Å². The molecular formula is C23H23F3N4O. The van der Waals surface area contributed by atoms with Crippen LogP contribution in [-0.4, -0.2) is 28.8 Å². The molecular weight excluding hydrogens is 405 g/mol. The maximum Gasteiger partial charge on any atom is 0.418 e. The molecule has 2 heterocycles. The first kappa shape index (κ1) is 22.4. The number of carbonyl (C=O) groups excluding carboxylic acids is 1. The molecule has 3 aromatic rings. The Kier molecular flexibility index (Phi) is 6.70. The molecule has 1 atom stereocenters. The van der Waals surface area contributed by atoms with Crippen molar-refractivity contribution in [3.05, 3.63) is 89.4 Å². The van der Waals surface area contributed by atoms with Gasteiger partial charge < -0.3 is 11.1 Å². The van der Waals surface area contributed by atoms with Gasteiger partial charge in [-0.25, -0.2) is 4.98 Å². The van der Waals surface area contributed by atoms with Crippen LogP contribution in [0.2, 0.25) is 0 Å². The van der Waals surface area contributed by atoms with E-state index in [-0.39, 0.29) is 11.4 Å². The lowest BCUT2D eigenvalue weighted by Crippen LogP contribution is -2.41. The summed E-state index contributed by atoms with van der Waals surface area (Å²) in [6.07, 6.45) is -1.35. The molecule has 0 fully saturated rings. The van der Waals surface area contributed by atoms with E-state index in [2.05, 4.69) is 15.3 Å². The van der Waals surface area contributed by atoms with Gasteiger partial charge in [0.1, 0.15) is 11.5 Å². The molecule has 0 saturated carbocycles. The van der Waals surface area contributed by atoms with Gasteiger partial charge >= 0.3 is 6.18 Å². The lowest BCUT2D eigenvalue weighted by atomic mass is 9.78. The van der Waals surface area contributed by atoms with Crippen LogP contribution in [0, 0.1) is 0 Å². The number of pyridine rings is 2. The van der Waals surface area contributed by atoms with Crippen molar-refractivity contribution in [3.8, 4) is 0 Å². The summed E-state index contributed by atoms with van der Waals surface area (Å²) >= 11 is 0. The molecule has 0 aliphatic rings. The highest BCUT2D eigenvalue weighted by atomic mass is 19.4. The SMILES string of the molecule is CC[C@](CN)(CNc1ccc(C(F)(F)F)c(C(=O)c2cccnc2)n1)c1ccccc1. The maximum atomic E-state index is 13.5. The van der Waals surface area contributed by atoms with Crippen LogP contribution < -0.4 is 11.1 Å². The van der Waals surface area contributed by atoms with Crippen LogP contribution in [0.3, 0.4) is 0 Å². The van der Waals surface area contributed by atoms with Crippen LogP contribution >= 0.6 is 0 Å². The van der Waals surface area contributed by atoms with Gasteiger partial charge in [-0.05, 0) is 36.2 Å². The Morgan fingerprint density at radius 1 is 1.06 bits per heavy atom. The average Bonchev–Trinajstić information content (AvgIpc) is 2.80. The third kappa shape index (κ3) is 4.91. The summed E-state index contributed by atoms with van der Waals surface area (Å²) in [4.78, 5) is 20.6. The quantitative estimate of drug-likeness (QED) is 0.519. The summed E-state index contributed by atoms with van der Waals surface area (Å²) in [7, 11) is 0. The number of nitrogens with zero attached hydrogens (tertiary/aromatic N) is 2. The first-order valence-corrected chi connectivity index (χ1v) is 9.83. The molecule has 0 aliphatic carbocycles. The molecule has 0 amide bonds. The number of nitrogens with two attached hydrogens (primary N) is 1. The third-order valence-corrected chi connectivity index (χ3v) is 5.40. The van der Waals surface area contributed by atoms with Crippen molar-refractivity contribution in [2.45, 2.75) is 24.9 Å². The van der Waals surface area contributed by atoms with Gasteiger partial charge in [0.25, 0.3) is 0 Å². The van der Waals surface area contributed by atoms with Crippen molar-refractivity contribution >= 4 is 11.6 Å². The third-order valence-electron chi connectivity index (χ3n) is 5.40. The second-order valence-electron chi connectivity index (χ2n) is 7.22. The van der Waals surface area contributed by atoms with Gasteiger partial charge in [0.05, 0.1) is 5.56 Å². The van der Waals surface area contributed by atoms with Crippen LogP contribution in [0.15, 0.2) is 67.0 Å². The number of hydrogen-bond acceptors (Lipinski definition) is 5. The Balaban J connectivity index is 1.94. The van der Waals surface area contributed by atoms with Gasteiger partial charge in [0.2, 0.25) is 5.78 Å². The van der Waals surface area contributed by atoms with Crippen LogP contribution in [0.25, 0.3) is 0 Å². The first-order chi connectivity index (χ1) is 14.8. The lowest BCUT2D eigenvalue weighted by Gasteiger charge is -2.32. The zero-order chi connectivity index (χ0) is 22.5. The van der Waals surface area contributed by atoms with E-state index in [1.54, 1.807) is 0 Å². The Labute approximate surface area is 178 Å². The molecule has 1 aromatic carbocycles. The molecule has 0 saturated heterocycles. The fourth-order valence-corrected chi connectivity index (χ4v) is 3.41. The fraction of sp³-hybridized carbons (Fsp3) is 0.261. The summed E-state index contributed by atoms with van der Waals surface area (Å²) in [6, 6.07) is 14.7. The van der Waals surface area contributed by atoms with E-state index in [0.717, 1.165) is 11.6 Å². The van der Waals surface area contributed by atoms with Crippen LogP contribution in [-0.2, 0) is 11.6 Å². The number of benzene rings is 1. The van der Waals surface area contributed by atoms with Crippen molar-refractivity contribution in [1.82, 2.24) is 9.97 Å². The van der Waals surface area contributed by atoms with E-state index in [4.69, 9.17) is 5.73 Å². The number of alkyl halides is 3. The lowest BCUT2D eigenvalue weighted by molar-refractivity contribution is -0.138. The largest absolute Gasteiger partial charge is 0.418 e. The Morgan fingerprint density at radius 3 is 2.39 bits per heavy atom. The normalized spacial score (nSPS) is 13.5. The second-order valence-corrected chi connectivity index (χ2v) is 7.22. The van der Waals surface area contributed by atoms with Gasteiger partial charge in [-0.2, -0.15) is 13.2 Å². The topological polar surface area (TPSA) is 80.9 Å². The number of ketones is 1. The van der Waals surface area contributed by atoms with E-state index in [9.17, 15) is 18.0 Å². The molecule has 2 aromatic heterocycles. The Morgan fingerprint density at radius 2 is 1.81 bits per heavy atom. The van der Waals surface area contributed by atoms with Crippen molar-refractivity contribution in [2.75, 3.05) is 18.4 Å². The number of aromatic nitrogens is 2. The summed E-state index contributed by atoms with van der Waals surface area (Å²) < 4.78 is 40.6. The Hall–Kier alpha value is -3.26. The minimum absolute atomic E-state index is 0.0341. The predicted octanol–water partition coefficient (Wildman–Crippen LogP) is 4.45. The van der Waals surface area contributed by atoms with Crippen molar-refractivity contribution < 1.29 is 18.0 Å². The smallest absolute Gasteiger partial charge is 0.369 e. The van der Waals surface area contributed by atoms with Crippen molar-refractivity contribution in [3.63, 3.8) is 0 Å². The van der Waals surface area contributed by atoms with E-state index in [0.29, 0.717) is 19.5 Å². The fourth-order valence-electron chi connectivity index (χ4n) is 3.41. The van der Waals surface area contributed by atoms with Crippen molar-refractivity contribution in [2.24, 2.45) is 5.73 Å². The molecule has 0 unspecified atom stereocenters. The summed E-state index contributed by atoms with van der Waals surface area (Å²) in [6.45, 7) is 2.69. The molecule has 0 radical (unpaired) electrons. The monoisotopic (exact) mass is 428 g/mol. The zero-order valence-corrected chi connectivity index (χ0v) is 17.0. The van der Waals surface area contributed by atoms with E-state index in [1.165, 1.54) is 30.6 Å². The number of anilines is 1. The van der Waals surface area contributed by atoms with Crippen LogP contribution in [0.5, 0.6) is 0 Å². The molecule has 3 rings (SSSR count). The van der Waals surface area contributed by atoms with Crippen LogP contribution in [0.1, 0.15) is 40.5 Å². The van der Waals surface area contributed by atoms with E-state index >= 15 is 0 Å². The minimum atomic E-state index is -4.72. The molecule has 0 aliphatic heterocycles. The molecule has 5 nitrogen and oxygen atoms in total. The number of halogens is 3. The zero-order valence-electron chi connectivity index (χ0n) is 17.0. The average molecular weight is 428 g/mol. The highest BCUT2D eigenvalue weighted by Crippen LogP contribution is 2.33. The molecule has 0 bridgehead atoms. The molecule has 31 heavy (non-hydrogen) atoms. The standard InChI is InChI=1S/C23H23F3N4O/c1-2-22(14-27,17-8-4-3-5-9-17)15-29-19-11-10-18(23(24,25)26)20(30-19)21(31)16-7-6-12-28-13-16/h3-13H,2,14-15,27H2,1H3,(H,29,30)/t22-/m0/s1.